The topological polar surface area (TPSA) is 20.7 Å². The van der Waals surface area contributed by atoms with Gasteiger partial charge in [0.15, 0.2) is 4.77 Å². The number of hydrogen-bond acceptors (Lipinski definition) is 1. The number of hydrogen-bond donors (Lipinski definition) is 1. The Morgan fingerprint density at radius 1 is 1.15 bits per heavy atom. The van der Waals surface area contributed by atoms with Crippen molar-refractivity contribution in [1.29, 1.82) is 0 Å². The van der Waals surface area contributed by atoms with Crippen LogP contribution in [0.15, 0.2) is 45.3 Å². The molecule has 102 valence electrons. The predicted octanol–water partition coefficient (Wildman–Crippen LogP) is 5.41. The highest BCUT2D eigenvalue weighted by molar-refractivity contribution is 9.10. The Kier molecular flexibility index (Phi) is 3.79. The molecule has 0 unspecified atom stereocenters. The first kappa shape index (κ1) is 14.0. The van der Waals surface area contributed by atoms with Crippen molar-refractivity contribution in [2.24, 2.45) is 0 Å². The fourth-order valence-electron chi connectivity index (χ4n) is 2.11. The average molecular weight is 416 g/mol. The maximum Gasteiger partial charge on any atom is 0.178 e. The van der Waals surface area contributed by atoms with Gasteiger partial charge >= 0.3 is 0 Å². The van der Waals surface area contributed by atoms with Crippen LogP contribution < -0.4 is 0 Å². The molecule has 0 fully saturated rings. The number of nitrogens with one attached hydrogen (secondary N) is 1. The molecule has 0 amide bonds. The largest absolute Gasteiger partial charge is 0.330 e. The van der Waals surface area contributed by atoms with Crippen LogP contribution in [0, 0.1) is 10.6 Å². The Morgan fingerprint density at radius 2 is 1.90 bits per heavy atom. The number of halogens is 3. The first-order valence-corrected chi connectivity index (χ1v) is 7.86. The van der Waals surface area contributed by atoms with E-state index in [1.165, 1.54) is 6.07 Å². The van der Waals surface area contributed by atoms with Gasteiger partial charge in [-0.3, -0.25) is 0 Å². The zero-order chi connectivity index (χ0) is 14.3. The van der Waals surface area contributed by atoms with Gasteiger partial charge < -0.3 is 9.55 Å². The summed E-state index contributed by atoms with van der Waals surface area (Å²) >= 11 is 12.1. The minimum absolute atomic E-state index is 0.304. The molecule has 0 spiro atoms. The molecule has 0 saturated carbocycles. The van der Waals surface area contributed by atoms with E-state index in [1.807, 2.05) is 28.8 Å². The maximum absolute atomic E-state index is 13.6. The first-order chi connectivity index (χ1) is 9.56. The lowest BCUT2D eigenvalue weighted by Crippen LogP contribution is -2.00. The van der Waals surface area contributed by atoms with Crippen molar-refractivity contribution in [2.45, 2.75) is 6.54 Å². The minimum Gasteiger partial charge on any atom is -0.330 e. The Bertz CT molecular complexity index is 854. The van der Waals surface area contributed by atoms with Crippen LogP contribution >= 0.6 is 44.1 Å². The second kappa shape index (κ2) is 5.42. The summed E-state index contributed by atoms with van der Waals surface area (Å²) in [5, 5.41) is 0. The quantitative estimate of drug-likeness (QED) is 0.555. The SMILES string of the molecule is Fc1cc2[nH]c(=S)n(Cc3ccccc3Br)c2cc1Br. The van der Waals surface area contributed by atoms with Gasteiger partial charge in [-0.25, -0.2) is 4.39 Å². The zero-order valence-corrected chi connectivity index (χ0v) is 14.1. The molecule has 0 aliphatic carbocycles. The molecule has 1 heterocycles. The van der Waals surface area contributed by atoms with E-state index in [1.54, 1.807) is 6.07 Å². The van der Waals surface area contributed by atoms with Gasteiger partial charge in [0, 0.05) is 10.5 Å². The zero-order valence-electron chi connectivity index (χ0n) is 10.2. The van der Waals surface area contributed by atoms with Crippen LogP contribution in [0.2, 0.25) is 0 Å². The van der Waals surface area contributed by atoms with Crippen LogP contribution in [-0.2, 0) is 6.54 Å². The molecule has 0 aliphatic rings. The van der Waals surface area contributed by atoms with Gasteiger partial charge in [-0.1, -0.05) is 34.1 Å². The van der Waals surface area contributed by atoms with Gasteiger partial charge in [0.2, 0.25) is 0 Å². The average Bonchev–Trinajstić information content (AvgIpc) is 2.69. The van der Waals surface area contributed by atoms with Crippen molar-refractivity contribution in [1.82, 2.24) is 9.55 Å². The van der Waals surface area contributed by atoms with Crippen LogP contribution in [0.5, 0.6) is 0 Å². The summed E-state index contributed by atoms with van der Waals surface area (Å²) in [7, 11) is 0. The van der Waals surface area contributed by atoms with E-state index in [2.05, 4.69) is 36.8 Å². The highest BCUT2D eigenvalue weighted by Crippen LogP contribution is 2.25. The predicted molar refractivity (Wildman–Crippen MR) is 88.0 cm³/mol. The molecule has 2 nitrogen and oxygen atoms in total. The summed E-state index contributed by atoms with van der Waals surface area (Å²) in [4.78, 5) is 3.04. The molecule has 1 N–H and O–H groups in total. The molecule has 6 heteroatoms. The second-order valence-electron chi connectivity index (χ2n) is 4.39. The van der Waals surface area contributed by atoms with Crippen LogP contribution in [-0.4, -0.2) is 9.55 Å². The van der Waals surface area contributed by atoms with Crippen LogP contribution in [0.3, 0.4) is 0 Å². The van der Waals surface area contributed by atoms with E-state index in [4.69, 9.17) is 12.2 Å². The molecule has 20 heavy (non-hydrogen) atoms. The van der Waals surface area contributed by atoms with Gasteiger partial charge in [-0.05, 0) is 45.8 Å². The second-order valence-corrected chi connectivity index (χ2v) is 6.49. The molecule has 0 aliphatic heterocycles. The van der Waals surface area contributed by atoms with Crippen molar-refractivity contribution in [2.75, 3.05) is 0 Å². The van der Waals surface area contributed by atoms with Gasteiger partial charge in [0.25, 0.3) is 0 Å². The van der Waals surface area contributed by atoms with Gasteiger partial charge in [-0.15, -0.1) is 0 Å². The van der Waals surface area contributed by atoms with E-state index in [0.717, 1.165) is 15.6 Å². The smallest absolute Gasteiger partial charge is 0.178 e. The third kappa shape index (κ3) is 2.47. The molecular formula is C14H9Br2FN2S. The molecule has 1 aromatic heterocycles. The Morgan fingerprint density at radius 3 is 2.65 bits per heavy atom. The van der Waals surface area contributed by atoms with Gasteiger partial charge in [0.1, 0.15) is 5.82 Å². The number of aromatic amines is 1. The highest BCUT2D eigenvalue weighted by atomic mass is 79.9. The van der Waals surface area contributed by atoms with E-state index >= 15 is 0 Å². The van der Waals surface area contributed by atoms with E-state index < -0.39 is 0 Å². The van der Waals surface area contributed by atoms with Crippen molar-refractivity contribution in [3.8, 4) is 0 Å². The first-order valence-electron chi connectivity index (χ1n) is 5.87. The summed E-state index contributed by atoms with van der Waals surface area (Å²) in [6, 6.07) is 11.2. The third-order valence-electron chi connectivity index (χ3n) is 3.10. The van der Waals surface area contributed by atoms with Crippen molar-refractivity contribution >= 4 is 55.1 Å². The van der Waals surface area contributed by atoms with Crippen molar-refractivity contribution in [3.63, 3.8) is 0 Å². The van der Waals surface area contributed by atoms with E-state index in [0.29, 0.717) is 21.3 Å². The molecule has 3 rings (SSSR count). The molecule has 2 aromatic carbocycles. The number of H-pyrrole nitrogens is 1. The van der Waals surface area contributed by atoms with Crippen molar-refractivity contribution in [3.05, 3.63) is 61.5 Å². The van der Waals surface area contributed by atoms with Crippen LogP contribution in [0.25, 0.3) is 11.0 Å². The maximum atomic E-state index is 13.6. The Labute approximate surface area is 136 Å². The molecule has 0 radical (unpaired) electrons. The molecule has 0 bridgehead atoms. The lowest BCUT2D eigenvalue weighted by atomic mass is 10.2. The Hall–Kier alpha value is -0.980. The van der Waals surface area contributed by atoms with Gasteiger partial charge in [0.05, 0.1) is 22.1 Å². The molecular weight excluding hydrogens is 407 g/mol. The summed E-state index contributed by atoms with van der Waals surface area (Å²) in [6.45, 7) is 0.623. The minimum atomic E-state index is -0.304. The lowest BCUT2D eigenvalue weighted by molar-refractivity contribution is 0.622. The normalized spacial score (nSPS) is 11.2. The number of imidazole rings is 1. The summed E-state index contributed by atoms with van der Waals surface area (Å²) < 4.78 is 17.5. The van der Waals surface area contributed by atoms with E-state index in [9.17, 15) is 4.39 Å². The van der Waals surface area contributed by atoms with Gasteiger partial charge in [-0.2, -0.15) is 0 Å². The molecule has 3 aromatic rings. The summed E-state index contributed by atoms with van der Waals surface area (Å²) in [5.74, 6) is -0.304. The standard InChI is InChI=1S/C14H9Br2FN2S/c15-9-4-2-1-3-8(9)7-19-13-5-10(16)11(17)6-12(13)18-14(19)20/h1-6H,7H2,(H,18,20). The molecule has 0 saturated heterocycles. The number of nitrogens with zero attached hydrogens (tertiary/aromatic N) is 1. The highest BCUT2D eigenvalue weighted by Gasteiger charge is 2.10. The monoisotopic (exact) mass is 414 g/mol. The number of aromatic nitrogens is 2. The number of benzene rings is 2. The number of fused-ring (bicyclic) bond motifs is 1. The summed E-state index contributed by atoms with van der Waals surface area (Å²) in [5.41, 5.74) is 2.69. The third-order valence-corrected chi connectivity index (χ3v) is 4.81. The summed E-state index contributed by atoms with van der Waals surface area (Å²) in [6.07, 6.45) is 0. The fourth-order valence-corrected chi connectivity index (χ4v) is 3.12. The number of rotatable bonds is 2. The van der Waals surface area contributed by atoms with Crippen LogP contribution in [0.4, 0.5) is 4.39 Å². The van der Waals surface area contributed by atoms with Crippen LogP contribution in [0.1, 0.15) is 5.56 Å². The fraction of sp³-hybridized carbons (Fsp3) is 0.0714. The van der Waals surface area contributed by atoms with E-state index in [-0.39, 0.29) is 5.82 Å². The Balaban J connectivity index is 2.17. The molecule has 0 atom stereocenters. The van der Waals surface area contributed by atoms with Crippen molar-refractivity contribution < 1.29 is 4.39 Å². The lowest BCUT2D eigenvalue weighted by Gasteiger charge is -2.07.